The van der Waals surface area contributed by atoms with Crippen LogP contribution < -0.4 is 10.6 Å². The van der Waals surface area contributed by atoms with Crippen molar-refractivity contribution in [2.24, 2.45) is 0 Å². The van der Waals surface area contributed by atoms with Gasteiger partial charge in [0.25, 0.3) is 5.91 Å². The molecule has 40 heavy (non-hydrogen) atoms. The number of anilines is 1. The Morgan fingerprint density at radius 2 is 1.93 bits per heavy atom. The van der Waals surface area contributed by atoms with E-state index in [1.807, 2.05) is 38.7 Å². The molecule has 0 unspecified atom stereocenters. The Kier molecular flexibility index (Phi) is 7.55. The number of amides is 1. The first-order valence-corrected chi connectivity index (χ1v) is 13.4. The second-order valence-corrected chi connectivity index (χ2v) is 10.7. The molecule has 0 spiro atoms. The predicted molar refractivity (Wildman–Crippen MR) is 152 cm³/mol. The fourth-order valence-electron chi connectivity index (χ4n) is 5.24. The molecule has 1 atom stereocenters. The summed E-state index contributed by atoms with van der Waals surface area (Å²) in [5.74, 6) is -0.747. The molecule has 1 aliphatic heterocycles. The van der Waals surface area contributed by atoms with Crippen LogP contribution in [0, 0.1) is 12.7 Å². The highest BCUT2D eigenvalue weighted by molar-refractivity contribution is 6.33. The molecular formula is C29H29ClF2N6O2. The van der Waals surface area contributed by atoms with Gasteiger partial charge < -0.3 is 9.80 Å². The number of aromatic nitrogens is 4. The van der Waals surface area contributed by atoms with Crippen molar-refractivity contribution >= 4 is 34.4 Å². The molecule has 0 saturated carbocycles. The number of carbonyl (C=O) groups excluding carboxylic acids is 1. The largest absolute Gasteiger partial charge is 0.355 e. The van der Waals surface area contributed by atoms with E-state index < -0.39 is 24.1 Å². The highest BCUT2D eigenvalue weighted by Crippen LogP contribution is 2.36. The first-order valence-electron chi connectivity index (χ1n) is 13.1. The van der Waals surface area contributed by atoms with Crippen molar-refractivity contribution in [3.8, 4) is 16.9 Å². The fraction of sp³-hybridized carbons (Fsp3) is 0.345. The van der Waals surface area contributed by atoms with Crippen LogP contribution in [-0.4, -0.2) is 62.7 Å². The summed E-state index contributed by atoms with van der Waals surface area (Å²) < 4.78 is 29.4. The highest BCUT2D eigenvalue weighted by Gasteiger charge is 2.31. The van der Waals surface area contributed by atoms with Crippen LogP contribution in [0.1, 0.15) is 37.9 Å². The maximum absolute atomic E-state index is 14.9. The van der Waals surface area contributed by atoms with Gasteiger partial charge in [0.05, 0.1) is 27.5 Å². The van der Waals surface area contributed by atoms with Gasteiger partial charge in [-0.3, -0.25) is 9.78 Å². The molecule has 1 fully saturated rings. The number of rotatable bonds is 5. The summed E-state index contributed by atoms with van der Waals surface area (Å²) >= 11 is 6.72. The number of carbonyl (C=O) groups is 1. The lowest BCUT2D eigenvalue weighted by molar-refractivity contribution is -0.132. The summed E-state index contributed by atoms with van der Waals surface area (Å²) in [7, 11) is 0. The standard InChI is InChI=1S/C29H29ClF2N6O2/c1-16(2)24-26(17(3)9-10-33-24)38-28-20(13-21(30)25(34-28)19-7-5-6-8-22(19)32)27(35-29(38)40)37-12-11-36(15-18(37)4)23(39)14-31/h5-10,13,16,18H,11-12,14-15H2,1-4H3/t18-/m0/s1. The molecule has 208 valence electrons. The molecule has 1 saturated heterocycles. The molecule has 11 heteroatoms. The van der Waals surface area contributed by atoms with E-state index in [1.165, 1.54) is 15.5 Å². The average Bonchev–Trinajstić information content (AvgIpc) is 2.93. The third-order valence-electron chi connectivity index (χ3n) is 7.22. The summed E-state index contributed by atoms with van der Waals surface area (Å²) in [6.07, 6.45) is 1.69. The summed E-state index contributed by atoms with van der Waals surface area (Å²) in [4.78, 5) is 43.1. The third kappa shape index (κ3) is 4.81. The van der Waals surface area contributed by atoms with Crippen molar-refractivity contribution in [2.45, 2.75) is 39.7 Å². The van der Waals surface area contributed by atoms with Gasteiger partial charge in [-0.2, -0.15) is 4.98 Å². The Hall–Kier alpha value is -3.92. The lowest BCUT2D eigenvalue weighted by Gasteiger charge is -2.40. The third-order valence-corrected chi connectivity index (χ3v) is 7.51. The number of hydrogen-bond acceptors (Lipinski definition) is 6. The zero-order chi connectivity index (χ0) is 28.7. The minimum atomic E-state index is -1.06. The average molecular weight is 567 g/mol. The fourth-order valence-corrected chi connectivity index (χ4v) is 5.49. The summed E-state index contributed by atoms with van der Waals surface area (Å²) in [6, 6.07) is 9.36. The van der Waals surface area contributed by atoms with Crippen molar-refractivity contribution in [3.63, 3.8) is 0 Å². The molecular weight excluding hydrogens is 538 g/mol. The van der Waals surface area contributed by atoms with Crippen molar-refractivity contribution in [2.75, 3.05) is 31.2 Å². The molecule has 4 heterocycles. The topological polar surface area (TPSA) is 84.2 Å². The quantitative estimate of drug-likeness (QED) is 0.335. The molecule has 3 aromatic heterocycles. The van der Waals surface area contributed by atoms with Crippen molar-refractivity contribution < 1.29 is 13.6 Å². The van der Waals surface area contributed by atoms with Crippen LogP contribution in [0.2, 0.25) is 5.02 Å². The summed E-state index contributed by atoms with van der Waals surface area (Å²) in [5.41, 5.74) is 2.12. The molecule has 1 aliphatic rings. The van der Waals surface area contributed by atoms with Gasteiger partial charge in [0.15, 0.2) is 12.3 Å². The van der Waals surface area contributed by atoms with Crippen molar-refractivity contribution in [3.05, 3.63) is 75.2 Å². The van der Waals surface area contributed by atoms with E-state index in [-0.39, 0.29) is 47.0 Å². The van der Waals surface area contributed by atoms with Gasteiger partial charge in [0, 0.05) is 37.4 Å². The molecule has 1 aromatic carbocycles. The minimum Gasteiger partial charge on any atom is -0.350 e. The van der Waals surface area contributed by atoms with Gasteiger partial charge in [-0.25, -0.2) is 23.1 Å². The predicted octanol–water partition coefficient (Wildman–Crippen LogP) is 5.07. The Morgan fingerprint density at radius 1 is 1.18 bits per heavy atom. The first-order chi connectivity index (χ1) is 19.1. The second-order valence-electron chi connectivity index (χ2n) is 10.3. The van der Waals surface area contributed by atoms with E-state index in [0.717, 1.165) is 5.56 Å². The maximum Gasteiger partial charge on any atom is 0.355 e. The van der Waals surface area contributed by atoms with Crippen LogP contribution >= 0.6 is 11.6 Å². The second kappa shape index (κ2) is 10.9. The van der Waals surface area contributed by atoms with E-state index in [0.29, 0.717) is 29.1 Å². The summed E-state index contributed by atoms with van der Waals surface area (Å²) in [5, 5.41) is 0.677. The number of fused-ring (bicyclic) bond motifs is 1. The van der Waals surface area contributed by atoms with E-state index >= 15 is 0 Å². The lowest BCUT2D eigenvalue weighted by atomic mass is 10.0. The minimum absolute atomic E-state index is 0.0176. The molecule has 5 rings (SSSR count). The number of halogens is 3. The Labute approximate surface area is 235 Å². The number of hydrogen-bond donors (Lipinski definition) is 0. The van der Waals surface area contributed by atoms with Gasteiger partial charge >= 0.3 is 5.69 Å². The molecule has 8 nitrogen and oxygen atoms in total. The van der Waals surface area contributed by atoms with Gasteiger partial charge in [0.1, 0.15) is 11.6 Å². The summed E-state index contributed by atoms with van der Waals surface area (Å²) in [6.45, 7) is 7.52. The normalized spacial score (nSPS) is 15.8. The number of aryl methyl sites for hydroxylation is 1. The SMILES string of the molecule is Cc1ccnc(C(C)C)c1-n1c(=O)nc(N2CCN(C(=O)CF)C[C@@H]2C)c2cc(Cl)c(-c3ccccc3F)nc21. The number of benzene rings is 1. The van der Waals surface area contributed by atoms with E-state index in [9.17, 15) is 18.4 Å². The van der Waals surface area contributed by atoms with Gasteiger partial charge in [-0.1, -0.05) is 37.6 Å². The van der Waals surface area contributed by atoms with E-state index in [2.05, 4.69) is 9.97 Å². The van der Waals surface area contributed by atoms with Crippen molar-refractivity contribution in [1.82, 2.24) is 24.4 Å². The first kappa shape index (κ1) is 27.6. The van der Waals surface area contributed by atoms with Crippen LogP contribution in [0.15, 0.2) is 47.4 Å². The van der Waals surface area contributed by atoms with Gasteiger partial charge in [-0.15, -0.1) is 0 Å². The molecule has 0 N–H and O–H groups in total. The van der Waals surface area contributed by atoms with Crippen LogP contribution in [-0.2, 0) is 4.79 Å². The maximum atomic E-state index is 14.9. The number of nitrogens with zero attached hydrogens (tertiary/aromatic N) is 6. The number of pyridine rings is 2. The Balaban J connectivity index is 1.81. The van der Waals surface area contributed by atoms with E-state index in [4.69, 9.17) is 16.6 Å². The Morgan fingerprint density at radius 3 is 2.60 bits per heavy atom. The zero-order valence-corrected chi connectivity index (χ0v) is 23.4. The lowest BCUT2D eigenvalue weighted by Crippen LogP contribution is -2.54. The van der Waals surface area contributed by atoms with Crippen LogP contribution in [0.25, 0.3) is 28.0 Å². The molecule has 0 radical (unpaired) electrons. The Bertz CT molecular complexity index is 1670. The molecule has 0 aliphatic carbocycles. The number of alkyl halides is 1. The number of piperazine rings is 1. The molecule has 4 aromatic rings. The smallest absolute Gasteiger partial charge is 0.350 e. The van der Waals surface area contributed by atoms with Gasteiger partial charge in [-0.05, 0) is 49.6 Å². The monoisotopic (exact) mass is 566 g/mol. The van der Waals surface area contributed by atoms with Gasteiger partial charge in [0.2, 0.25) is 0 Å². The van der Waals surface area contributed by atoms with E-state index in [1.54, 1.807) is 30.5 Å². The van der Waals surface area contributed by atoms with Crippen molar-refractivity contribution in [1.29, 1.82) is 0 Å². The van der Waals surface area contributed by atoms with Crippen LogP contribution in [0.4, 0.5) is 14.6 Å². The molecule has 0 bridgehead atoms. The van der Waals surface area contributed by atoms with Crippen LogP contribution in [0.3, 0.4) is 0 Å². The van der Waals surface area contributed by atoms with Crippen LogP contribution in [0.5, 0.6) is 0 Å². The molecule has 1 amide bonds. The zero-order valence-electron chi connectivity index (χ0n) is 22.7. The highest BCUT2D eigenvalue weighted by atomic mass is 35.5.